The van der Waals surface area contributed by atoms with Crippen molar-refractivity contribution in [1.82, 2.24) is 4.98 Å². The Labute approximate surface area is 148 Å². The second-order valence-corrected chi connectivity index (χ2v) is 6.82. The second kappa shape index (κ2) is 6.63. The molecule has 1 aromatic heterocycles. The van der Waals surface area contributed by atoms with Gasteiger partial charge in [-0.2, -0.15) is 0 Å². The third-order valence-corrected chi connectivity index (χ3v) is 3.87. The van der Waals surface area contributed by atoms with Crippen molar-refractivity contribution in [1.29, 1.82) is 0 Å². The fourth-order valence-electron chi connectivity index (χ4n) is 2.89. The van der Waals surface area contributed by atoms with Crippen LogP contribution in [-0.2, 0) is 0 Å². The van der Waals surface area contributed by atoms with Crippen LogP contribution in [0.4, 0.5) is 0 Å². The van der Waals surface area contributed by atoms with Crippen molar-refractivity contribution < 1.29 is 14.2 Å². The molecule has 0 fully saturated rings. The van der Waals surface area contributed by atoms with Gasteiger partial charge in [-0.25, -0.2) is 0 Å². The summed E-state index contributed by atoms with van der Waals surface area (Å²) in [6, 6.07) is 11.8. The maximum absolute atomic E-state index is 5.96. The van der Waals surface area contributed by atoms with Gasteiger partial charge in [-0.05, 0) is 56.5 Å². The van der Waals surface area contributed by atoms with Crippen LogP contribution in [0.2, 0.25) is 0 Å². The van der Waals surface area contributed by atoms with E-state index >= 15 is 0 Å². The van der Waals surface area contributed by atoms with E-state index in [1.54, 1.807) is 20.4 Å². The van der Waals surface area contributed by atoms with Crippen molar-refractivity contribution >= 4 is 10.8 Å². The molecule has 25 heavy (non-hydrogen) atoms. The molecule has 0 aliphatic heterocycles. The third kappa shape index (κ3) is 3.53. The Morgan fingerprint density at radius 2 is 1.64 bits per heavy atom. The van der Waals surface area contributed by atoms with Crippen LogP contribution in [0.25, 0.3) is 21.9 Å². The number of hydrogen-bond acceptors (Lipinski definition) is 4. The molecule has 130 valence electrons. The molecule has 1 heterocycles. The first-order valence-corrected chi connectivity index (χ1v) is 8.21. The zero-order valence-electron chi connectivity index (χ0n) is 15.3. The second-order valence-electron chi connectivity index (χ2n) is 6.82. The maximum atomic E-state index is 5.96. The van der Waals surface area contributed by atoms with Gasteiger partial charge in [0.25, 0.3) is 0 Å². The number of nitrogens with zero attached hydrogens (tertiary/aromatic N) is 1. The molecule has 0 radical (unpaired) electrons. The van der Waals surface area contributed by atoms with Gasteiger partial charge in [-0.15, -0.1) is 0 Å². The summed E-state index contributed by atoms with van der Waals surface area (Å²) < 4.78 is 17.2. The summed E-state index contributed by atoms with van der Waals surface area (Å²) >= 11 is 0. The summed E-state index contributed by atoms with van der Waals surface area (Å²) in [7, 11) is 3.34. The smallest absolute Gasteiger partial charge is 0.130 e. The van der Waals surface area contributed by atoms with E-state index in [4.69, 9.17) is 14.2 Å². The number of fused-ring (bicyclic) bond motifs is 1. The summed E-state index contributed by atoms with van der Waals surface area (Å²) in [5, 5.41) is 2.12. The molecule has 4 nitrogen and oxygen atoms in total. The maximum Gasteiger partial charge on any atom is 0.130 e. The minimum Gasteiger partial charge on any atom is -0.496 e. The van der Waals surface area contributed by atoms with E-state index in [9.17, 15) is 0 Å². The van der Waals surface area contributed by atoms with Crippen molar-refractivity contribution in [3.63, 3.8) is 0 Å². The summed E-state index contributed by atoms with van der Waals surface area (Å²) in [6.45, 7) is 6.07. The van der Waals surface area contributed by atoms with Crippen LogP contribution in [0.3, 0.4) is 0 Å². The molecular weight excluding hydrogens is 314 g/mol. The van der Waals surface area contributed by atoms with Crippen LogP contribution in [0.15, 0.2) is 48.8 Å². The van der Waals surface area contributed by atoms with Gasteiger partial charge >= 0.3 is 0 Å². The predicted molar refractivity (Wildman–Crippen MR) is 101 cm³/mol. The highest BCUT2D eigenvalue weighted by Crippen LogP contribution is 2.42. The van der Waals surface area contributed by atoms with Crippen LogP contribution in [-0.4, -0.2) is 24.8 Å². The van der Waals surface area contributed by atoms with E-state index in [0.29, 0.717) is 0 Å². The Morgan fingerprint density at radius 1 is 0.880 bits per heavy atom. The quantitative estimate of drug-likeness (QED) is 0.664. The number of hydrogen-bond donors (Lipinski definition) is 0. The normalized spacial score (nSPS) is 11.4. The fraction of sp³-hybridized carbons (Fsp3) is 0.286. The Kier molecular flexibility index (Phi) is 4.53. The third-order valence-electron chi connectivity index (χ3n) is 3.87. The SMILES string of the molecule is COc1cc(OC(C)(C)C)ccc1-c1c(OC)ccc2cnccc12. The zero-order chi connectivity index (χ0) is 18.0. The Hall–Kier alpha value is -2.75. The van der Waals surface area contributed by atoms with Crippen molar-refractivity contribution in [3.05, 3.63) is 48.8 Å². The fourth-order valence-corrected chi connectivity index (χ4v) is 2.89. The van der Waals surface area contributed by atoms with Crippen LogP contribution in [0.5, 0.6) is 17.2 Å². The average Bonchev–Trinajstić information content (AvgIpc) is 2.59. The van der Waals surface area contributed by atoms with E-state index in [2.05, 4.69) is 4.98 Å². The molecule has 0 atom stereocenters. The Balaban J connectivity index is 2.21. The van der Waals surface area contributed by atoms with Crippen LogP contribution < -0.4 is 14.2 Å². The average molecular weight is 337 g/mol. The molecule has 0 aliphatic carbocycles. The molecule has 0 saturated heterocycles. The van der Waals surface area contributed by atoms with Crippen LogP contribution >= 0.6 is 0 Å². The van der Waals surface area contributed by atoms with Gasteiger partial charge in [0, 0.05) is 35.0 Å². The first-order chi connectivity index (χ1) is 11.9. The lowest BCUT2D eigenvalue weighted by Gasteiger charge is -2.22. The number of methoxy groups -OCH3 is 2. The minimum absolute atomic E-state index is 0.269. The van der Waals surface area contributed by atoms with E-state index in [-0.39, 0.29) is 5.60 Å². The Bertz CT molecular complexity index is 897. The number of benzene rings is 2. The summed E-state index contributed by atoms with van der Waals surface area (Å²) in [5.41, 5.74) is 1.67. The Morgan fingerprint density at radius 3 is 2.32 bits per heavy atom. The van der Waals surface area contributed by atoms with Crippen molar-refractivity contribution in [3.8, 4) is 28.4 Å². The molecular formula is C21H23NO3. The predicted octanol–water partition coefficient (Wildman–Crippen LogP) is 5.10. The van der Waals surface area contributed by atoms with Crippen molar-refractivity contribution in [2.45, 2.75) is 26.4 Å². The molecule has 0 amide bonds. The number of ether oxygens (including phenoxy) is 3. The summed E-state index contributed by atoms with van der Waals surface area (Å²) in [4.78, 5) is 4.21. The highest BCUT2D eigenvalue weighted by atomic mass is 16.5. The van der Waals surface area contributed by atoms with Crippen LogP contribution in [0.1, 0.15) is 20.8 Å². The van der Waals surface area contributed by atoms with Crippen molar-refractivity contribution in [2.75, 3.05) is 14.2 Å². The molecule has 0 unspecified atom stereocenters. The van der Waals surface area contributed by atoms with Crippen molar-refractivity contribution in [2.24, 2.45) is 0 Å². The molecule has 3 rings (SSSR count). The van der Waals surface area contributed by atoms with Gasteiger partial charge in [0.05, 0.1) is 14.2 Å². The highest BCUT2D eigenvalue weighted by Gasteiger charge is 2.18. The lowest BCUT2D eigenvalue weighted by atomic mass is 9.97. The lowest BCUT2D eigenvalue weighted by molar-refractivity contribution is 0.130. The monoisotopic (exact) mass is 337 g/mol. The van der Waals surface area contributed by atoms with Gasteiger partial charge in [-0.3, -0.25) is 4.98 Å². The van der Waals surface area contributed by atoms with Crippen LogP contribution in [0, 0.1) is 0 Å². The number of aromatic nitrogens is 1. The number of rotatable bonds is 4. The molecule has 4 heteroatoms. The minimum atomic E-state index is -0.269. The highest BCUT2D eigenvalue weighted by molar-refractivity contribution is 6.00. The molecule has 0 spiro atoms. The van der Waals surface area contributed by atoms with E-state index in [1.807, 2.05) is 63.4 Å². The van der Waals surface area contributed by atoms with Gasteiger partial charge in [-0.1, -0.05) is 0 Å². The first-order valence-electron chi connectivity index (χ1n) is 8.21. The largest absolute Gasteiger partial charge is 0.496 e. The molecule has 3 aromatic rings. The van der Waals surface area contributed by atoms with E-state index < -0.39 is 0 Å². The van der Waals surface area contributed by atoms with Gasteiger partial charge < -0.3 is 14.2 Å². The van der Waals surface area contributed by atoms with Gasteiger partial charge in [0.1, 0.15) is 22.8 Å². The molecule has 0 saturated carbocycles. The van der Waals surface area contributed by atoms with E-state index in [1.165, 1.54) is 0 Å². The summed E-state index contributed by atoms with van der Waals surface area (Å²) in [5.74, 6) is 2.31. The standard InChI is InChI=1S/C21H23NO3/c1-21(2,3)25-15-7-8-17(19(12-15)24-5)20-16-10-11-22-13-14(16)6-9-18(20)23-4/h6-13H,1-5H3. The van der Waals surface area contributed by atoms with Gasteiger partial charge in [0.15, 0.2) is 0 Å². The molecule has 0 N–H and O–H groups in total. The van der Waals surface area contributed by atoms with Gasteiger partial charge in [0.2, 0.25) is 0 Å². The summed E-state index contributed by atoms with van der Waals surface area (Å²) in [6.07, 6.45) is 3.64. The molecule has 0 bridgehead atoms. The lowest BCUT2D eigenvalue weighted by Crippen LogP contribution is -2.22. The molecule has 0 aliphatic rings. The van der Waals surface area contributed by atoms with E-state index in [0.717, 1.165) is 39.1 Å². The topological polar surface area (TPSA) is 40.6 Å². The number of pyridine rings is 1. The molecule has 2 aromatic carbocycles. The first kappa shape index (κ1) is 17.1. The zero-order valence-corrected chi connectivity index (χ0v) is 15.3.